The molecule has 0 atom stereocenters. The molecule has 1 aromatic rings. The van der Waals surface area contributed by atoms with Crippen LogP contribution in [0.2, 0.25) is 0 Å². The zero-order valence-corrected chi connectivity index (χ0v) is 11.1. The van der Waals surface area contributed by atoms with Crippen LogP contribution in [0.1, 0.15) is 18.4 Å². The summed E-state index contributed by atoms with van der Waals surface area (Å²) in [4.78, 5) is 20.6. The largest absolute Gasteiger partial charge is 0.493 e. The second kappa shape index (κ2) is 6.95. The van der Waals surface area contributed by atoms with Crippen LogP contribution in [0.3, 0.4) is 0 Å². The van der Waals surface area contributed by atoms with Crippen molar-refractivity contribution in [3.63, 3.8) is 0 Å². The summed E-state index contributed by atoms with van der Waals surface area (Å²) in [6.45, 7) is 0.219. The molecule has 0 amide bonds. The number of rotatable bonds is 7. The summed E-state index contributed by atoms with van der Waals surface area (Å²) >= 11 is 3.17. The van der Waals surface area contributed by atoms with E-state index in [0.717, 1.165) is 0 Å². The fourth-order valence-electron chi connectivity index (χ4n) is 1.33. The standard InChI is InChI=1S/C11H12BrNO5/c12-7-8-3-4-9(6-10(8)13(16)17)18-5-1-2-11(14)15/h3-4,6H,1-2,5,7H2,(H,14,15). The fraction of sp³-hybridized carbons (Fsp3) is 0.364. The van der Waals surface area contributed by atoms with E-state index in [4.69, 9.17) is 9.84 Å². The maximum Gasteiger partial charge on any atom is 0.303 e. The summed E-state index contributed by atoms with van der Waals surface area (Å²) < 4.78 is 5.26. The molecule has 0 unspecified atom stereocenters. The lowest BCUT2D eigenvalue weighted by Crippen LogP contribution is -2.02. The third kappa shape index (κ3) is 4.33. The SMILES string of the molecule is O=C(O)CCCOc1ccc(CBr)c([N+](=O)[O-])c1. The van der Waals surface area contributed by atoms with E-state index in [1.807, 2.05) is 0 Å². The van der Waals surface area contributed by atoms with Gasteiger partial charge in [-0.05, 0) is 18.6 Å². The van der Waals surface area contributed by atoms with Crippen LogP contribution in [0, 0.1) is 10.1 Å². The highest BCUT2D eigenvalue weighted by Gasteiger charge is 2.14. The Morgan fingerprint density at radius 2 is 2.22 bits per heavy atom. The Kier molecular flexibility index (Phi) is 5.57. The molecule has 0 heterocycles. The molecule has 1 aromatic carbocycles. The summed E-state index contributed by atoms with van der Waals surface area (Å²) in [5.74, 6) is -0.518. The van der Waals surface area contributed by atoms with Crippen molar-refractivity contribution in [1.29, 1.82) is 0 Å². The number of nitro benzene ring substituents is 1. The molecule has 18 heavy (non-hydrogen) atoms. The quantitative estimate of drug-likeness (QED) is 0.361. The molecule has 0 aliphatic rings. The fourth-order valence-corrected chi connectivity index (χ4v) is 1.80. The number of halogens is 1. The van der Waals surface area contributed by atoms with Crippen LogP contribution >= 0.6 is 15.9 Å². The van der Waals surface area contributed by atoms with E-state index in [2.05, 4.69) is 15.9 Å². The van der Waals surface area contributed by atoms with Crippen molar-refractivity contribution in [2.75, 3.05) is 6.61 Å². The lowest BCUT2D eigenvalue weighted by Gasteiger charge is -2.06. The van der Waals surface area contributed by atoms with Gasteiger partial charge in [-0.2, -0.15) is 0 Å². The van der Waals surface area contributed by atoms with Crippen LogP contribution in [0.4, 0.5) is 5.69 Å². The monoisotopic (exact) mass is 317 g/mol. The van der Waals surface area contributed by atoms with Crippen LogP contribution in [-0.4, -0.2) is 22.6 Å². The topological polar surface area (TPSA) is 89.7 Å². The highest BCUT2D eigenvalue weighted by molar-refractivity contribution is 9.08. The van der Waals surface area contributed by atoms with Crippen molar-refractivity contribution in [2.45, 2.75) is 18.2 Å². The molecule has 98 valence electrons. The number of nitrogens with zero attached hydrogens (tertiary/aromatic N) is 1. The molecule has 0 aliphatic heterocycles. The van der Waals surface area contributed by atoms with E-state index in [-0.39, 0.29) is 18.7 Å². The lowest BCUT2D eigenvalue weighted by molar-refractivity contribution is -0.385. The van der Waals surface area contributed by atoms with Crippen LogP contribution in [0.15, 0.2) is 18.2 Å². The number of nitro groups is 1. The van der Waals surface area contributed by atoms with Crippen LogP contribution in [0.5, 0.6) is 5.75 Å². The van der Waals surface area contributed by atoms with E-state index < -0.39 is 10.9 Å². The Morgan fingerprint density at radius 3 is 2.78 bits per heavy atom. The van der Waals surface area contributed by atoms with Crippen LogP contribution < -0.4 is 4.74 Å². The van der Waals surface area contributed by atoms with Gasteiger partial charge < -0.3 is 9.84 Å². The summed E-state index contributed by atoms with van der Waals surface area (Å²) in [5.41, 5.74) is 0.556. The van der Waals surface area contributed by atoms with Crippen molar-refractivity contribution in [1.82, 2.24) is 0 Å². The minimum absolute atomic E-state index is 0.0115. The van der Waals surface area contributed by atoms with Gasteiger partial charge in [0.15, 0.2) is 0 Å². The lowest BCUT2D eigenvalue weighted by atomic mass is 10.2. The molecule has 0 radical (unpaired) electrons. The zero-order valence-electron chi connectivity index (χ0n) is 9.47. The average Bonchev–Trinajstić information content (AvgIpc) is 2.34. The second-order valence-corrected chi connectivity index (χ2v) is 4.09. The van der Waals surface area contributed by atoms with Gasteiger partial charge in [0.25, 0.3) is 5.69 Å². The zero-order chi connectivity index (χ0) is 13.5. The number of hydrogen-bond acceptors (Lipinski definition) is 4. The number of carbonyl (C=O) groups is 1. The Balaban J connectivity index is 2.64. The molecule has 0 saturated heterocycles. The molecular weight excluding hydrogens is 306 g/mol. The van der Waals surface area contributed by atoms with Gasteiger partial charge in [-0.25, -0.2) is 0 Å². The molecular formula is C11H12BrNO5. The Labute approximate surface area is 112 Å². The maximum absolute atomic E-state index is 10.8. The van der Waals surface area contributed by atoms with Crippen molar-refractivity contribution < 1.29 is 19.6 Å². The average molecular weight is 318 g/mol. The second-order valence-electron chi connectivity index (χ2n) is 3.53. The summed E-state index contributed by atoms with van der Waals surface area (Å²) in [7, 11) is 0. The van der Waals surface area contributed by atoms with Crippen molar-refractivity contribution in [3.05, 3.63) is 33.9 Å². The molecule has 6 nitrogen and oxygen atoms in total. The van der Waals surface area contributed by atoms with E-state index in [1.165, 1.54) is 6.07 Å². The number of hydrogen-bond donors (Lipinski definition) is 1. The first-order valence-electron chi connectivity index (χ1n) is 5.22. The number of alkyl halides is 1. The van der Waals surface area contributed by atoms with Gasteiger partial charge in [-0.1, -0.05) is 15.9 Å². The first kappa shape index (κ1) is 14.4. The summed E-state index contributed by atoms with van der Waals surface area (Å²) in [6.07, 6.45) is 0.380. The predicted molar refractivity (Wildman–Crippen MR) is 68.1 cm³/mol. The molecule has 0 aromatic heterocycles. The highest BCUT2D eigenvalue weighted by atomic mass is 79.9. The van der Waals surface area contributed by atoms with Crippen molar-refractivity contribution >= 4 is 27.6 Å². The van der Waals surface area contributed by atoms with Gasteiger partial charge in [-0.15, -0.1) is 0 Å². The summed E-state index contributed by atoms with van der Waals surface area (Å²) in [6, 6.07) is 4.58. The van der Waals surface area contributed by atoms with E-state index >= 15 is 0 Å². The third-order valence-electron chi connectivity index (χ3n) is 2.20. The van der Waals surface area contributed by atoms with E-state index in [1.54, 1.807) is 12.1 Å². The normalized spacial score (nSPS) is 10.1. The number of carboxylic acids is 1. The van der Waals surface area contributed by atoms with E-state index in [9.17, 15) is 14.9 Å². The molecule has 0 spiro atoms. The van der Waals surface area contributed by atoms with Crippen molar-refractivity contribution in [3.8, 4) is 5.75 Å². The first-order chi connectivity index (χ1) is 8.54. The van der Waals surface area contributed by atoms with E-state index in [0.29, 0.717) is 23.1 Å². The Morgan fingerprint density at radius 1 is 1.50 bits per heavy atom. The molecule has 0 bridgehead atoms. The minimum atomic E-state index is -0.890. The molecule has 1 rings (SSSR count). The highest BCUT2D eigenvalue weighted by Crippen LogP contribution is 2.26. The first-order valence-corrected chi connectivity index (χ1v) is 6.34. The smallest absolute Gasteiger partial charge is 0.303 e. The van der Waals surface area contributed by atoms with Gasteiger partial charge in [0.2, 0.25) is 0 Å². The number of benzene rings is 1. The maximum atomic E-state index is 10.8. The summed E-state index contributed by atoms with van der Waals surface area (Å²) in [5, 5.41) is 19.6. The van der Waals surface area contributed by atoms with Crippen molar-refractivity contribution in [2.24, 2.45) is 0 Å². The molecule has 0 fully saturated rings. The Hall–Kier alpha value is -1.63. The minimum Gasteiger partial charge on any atom is -0.493 e. The number of aliphatic carboxylic acids is 1. The predicted octanol–water partition coefficient (Wildman–Crippen LogP) is 2.73. The van der Waals surface area contributed by atoms with Gasteiger partial charge in [0.1, 0.15) is 5.75 Å². The van der Waals surface area contributed by atoms with Gasteiger partial charge in [0, 0.05) is 17.3 Å². The van der Waals surface area contributed by atoms with Gasteiger partial charge in [-0.3, -0.25) is 14.9 Å². The van der Waals surface area contributed by atoms with Crippen LogP contribution in [-0.2, 0) is 10.1 Å². The molecule has 0 aliphatic carbocycles. The number of ether oxygens (including phenoxy) is 1. The third-order valence-corrected chi connectivity index (χ3v) is 2.81. The number of carboxylic acid groups (broad SMARTS) is 1. The molecule has 0 saturated carbocycles. The Bertz CT molecular complexity index is 449. The van der Waals surface area contributed by atoms with Gasteiger partial charge >= 0.3 is 5.97 Å². The van der Waals surface area contributed by atoms with Gasteiger partial charge in [0.05, 0.1) is 17.6 Å². The molecule has 1 N–H and O–H groups in total. The molecule has 7 heteroatoms. The van der Waals surface area contributed by atoms with Crippen LogP contribution in [0.25, 0.3) is 0 Å².